The number of Topliss-reactive ketones (excluding diaryl/α,β-unsaturated/α-hetero) is 1. The van der Waals surface area contributed by atoms with Crippen molar-refractivity contribution in [3.63, 3.8) is 0 Å². The van der Waals surface area contributed by atoms with Gasteiger partial charge in [0.1, 0.15) is 0 Å². The van der Waals surface area contributed by atoms with Gasteiger partial charge in [0, 0.05) is 12.0 Å². The van der Waals surface area contributed by atoms with Gasteiger partial charge in [-0.1, -0.05) is 46.8 Å². The minimum Gasteiger partial charge on any atom is -0.294 e. The molecule has 1 nitrogen and oxygen atoms in total. The van der Waals surface area contributed by atoms with Gasteiger partial charge in [0.25, 0.3) is 0 Å². The van der Waals surface area contributed by atoms with E-state index in [-0.39, 0.29) is 0 Å². The van der Waals surface area contributed by atoms with Crippen molar-refractivity contribution in [1.29, 1.82) is 0 Å². The smallest absolute Gasteiger partial charge is 0.163 e. The molecule has 0 fully saturated rings. The second-order valence-electron chi connectivity index (χ2n) is 5.85. The first-order valence-electron chi connectivity index (χ1n) is 7.11. The minimum absolute atomic E-state index is 0.298. The fourth-order valence-corrected chi connectivity index (χ4v) is 2.31. The van der Waals surface area contributed by atoms with Gasteiger partial charge in [0.15, 0.2) is 5.78 Å². The number of carbonyl (C=O) groups is 1. The highest BCUT2D eigenvalue weighted by molar-refractivity contribution is 5.97. The molecule has 1 rings (SSSR count). The molecule has 0 saturated carbocycles. The number of carbonyl (C=O) groups excluding carboxylic acids is 1. The van der Waals surface area contributed by atoms with Gasteiger partial charge in [-0.2, -0.15) is 0 Å². The highest BCUT2D eigenvalue weighted by atomic mass is 16.1. The van der Waals surface area contributed by atoms with Gasteiger partial charge in [-0.3, -0.25) is 4.79 Å². The van der Waals surface area contributed by atoms with Crippen LogP contribution in [0.1, 0.15) is 74.9 Å². The molecule has 0 spiro atoms. The van der Waals surface area contributed by atoms with E-state index in [1.807, 2.05) is 0 Å². The SMILES string of the molecule is CCCC(=O)c1cc(CC(C)C)ccc1C(C)C. The zero-order valence-corrected chi connectivity index (χ0v) is 12.4. The predicted octanol–water partition coefficient (Wildman–Crippen LogP) is 4.99. The van der Waals surface area contributed by atoms with E-state index in [4.69, 9.17) is 0 Å². The molecule has 0 N–H and O–H groups in total. The van der Waals surface area contributed by atoms with E-state index in [1.165, 1.54) is 11.1 Å². The average molecular weight is 246 g/mol. The van der Waals surface area contributed by atoms with Crippen LogP contribution in [-0.4, -0.2) is 5.78 Å². The number of ketones is 1. The molecule has 0 radical (unpaired) electrons. The van der Waals surface area contributed by atoms with Gasteiger partial charge in [0.05, 0.1) is 0 Å². The van der Waals surface area contributed by atoms with Crippen molar-refractivity contribution in [2.75, 3.05) is 0 Å². The number of hydrogen-bond donors (Lipinski definition) is 0. The lowest BCUT2D eigenvalue weighted by molar-refractivity contribution is 0.0980. The summed E-state index contributed by atoms with van der Waals surface area (Å²) in [5.74, 6) is 1.34. The molecule has 0 unspecified atom stereocenters. The normalized spacial score (nSPS) is 11.3. The van der Waals surface area contributed by atoms with Gasteiger partial charge in [-0.05, 0) is 41.9 Å². The first-order valence-corrected chi connectivity index (χ1v) is 7.11. The molecule has 0 bridgehead atoms. The van der Waals surface area contributed by atoms with E-state index in [2.05, 4.69) is 52.8 Å². The molecule has 0 aromatic heterocycles. The van der Waals surface area contributed by atoms with Gasteiger partial charge in [0.2, 0.25) is 0 Å². The van der Waals surface area contributed by atoms with E-state index in [1.54, 1.807) is 0 Å². The molecule has 18 heavy (non-hydrogen) atoms. The van der Waals surface area contributed by atoms with Crippen LogP contribution in [0, 0.1) is 5.92 Å². The Hall–Kier alpha value is -1.11. The van der Waals surface area contributed by atoms with Crippen molar-refractivity contribution in [3.05, 3.63) is 34.9 Å². The first-order chi connectivity index (χ1) is 8.45. The van der Waals surface area contributed by atoms with E-state index in [0.29, 0.717) is 24.0 Å². The maximum absolute atomic E-state index is 12.2. The summed E-state index contributed by atoms with van der Waals surface area (Å²) < 4.78 is 0. The maximum Gasteiger partial charge on any atom is 0.163 e. The van der Waals surface area contributed by atoms with Gasteiger partial charge in [-0.15, -0.1) is 0 Å². The van der Waals surface area contributed by atoms with Crippen molar-refractivity contribution < 1.29 is 4.79 Å². The summed E-state index contributed by atoms with van der Waals surface area (Å²) in [7, 11) is 0. The largest absolute Gasteiger partial charge is 0.294 e. The number of hydrogen-bond acceptors (Lipinski definition) is 1. The standard InChI is InChI=1S/C17H26O/c1-6-7-17(18)16-11-14(10-12(2)3)8-9-15(16)13(4)5/h8-9,11-13H,6-7,10H2,1-5H3. The van der Waals surface area contributed by atoms with Crippen LogP contribution in [0.15, 0.2) is 18.2 Å². The van der Waals surface area contributed by atoms with Crippen molar-refractivity contribution in [1.82, 2.24) is 0 Å². The predicted molar refractivity (Wildman–Crippen MR) is 78.3 cm³/mol. The maximum atomic E-state index is 12.2. The van der Waals surface area contributed by atoms with Crippen molar-refractivity contribution in [2.45, 2.75) is 59.8 Å². The Kier molecular flexibility index (Phi) is 5.58. The van der Waals surface area contributed by atoms with Crippen LogP contribution in [0.4, 0.5) is 0 Å². The summed E-state index contributed by atoms with van der Waals surface area (Å²) in [6.45, 7) is 10.8. The second kappa shape index (κ2) is 6.72. The quantitative estimate of drug-likeness (QED) is 0.646. The van der Waals surface area contributed by atoms with Crippen LogP contribution >= 0.6 is 0 Å². The summed E-state index contributed by atoms with van der Waals surface area (Å²) in [5.41, 5.74) is 3.43. The van der Waals surface area contributed by atoms with E-state index < -0.39 is 0 Å². The summed E-state index contributed by atoms with van der Waals surface area (Å²) in [5, 5.41) is 0. The van der Waals surface area contributed by atoms with Crippen molar-refractivity contribution in [3.8, 4) is 0 Å². The molecule has 0 aliphatic rings. The van der Waals surface area contributed by atoms with E-state index in [0.717, 1.165) is 18.4 Å². The zero-order chi connectivity index (χ0) is 13.7. The molecular formula is C17H26O. The van der Waals surface area contributed by atoms with Crippen LogP contribution in [0.3, 0.4) is 0 Å². The Labute approximate surface area is 112 Å². The molecule has 1 aromatic carbocycles. The molecule has 1 heteroatoms. The monoisotopic (exact) mass is 246 g/mol. The molecule has 0 aliphatic carbocycles. The van der Waals surface area contributed by atoms with E-state index in [9.17, 15) is 4.79 Å². The van der Waals surface area contributed by atoms with Crippen molar-refractivity contribution >= 4 is 5.78 Å². The molecule has 100 valence electrons. The van der Waals surface area contributed by atoms with Crippen LogP contribution in [0.2, 0.25) is 0 Å². The molecule has 0 atom stereocenters. The molecular weight excluding hydrogens is 220 g/mol. The third-order valence-corrected chi connectivity index (χ3v) is 3.16. The lowest BCUT2D eigenvalue weighted by Crippen LogP contribution is -2.07. The topological polar surface area (TPSA) is 17.1 Å². The van der Waals surface area contributed by atoms with Crippen LogP contribution in [0.25, 0.3) is 0 Å². The van der Waals surface area contributed by atoms with Crippen LogP contribution in [-0.2, 0) is 6.42 Å². The lowest BCUT2D eigenvalue weighted by Gasteiger charge is -2.14. The molecule has 0 saturated heterocycles. The second-order valence-corrected chi connectivity index (χ2v) is 5.85. The molecule has 0 heterocycles. The van der Waals surface area contributed by atoms with Crippen LogP contribution < -0.4 is 0 Å². The summed E-state index contributed by atoms with van der Waals surface area (Å²) >= 11 is 0. The average Bonchev–Trinajstić information content (AvgIpc) is 2.28. The summed E-state index contributed by atoms with van der Waals surface area (Å²) in [4.78, 5) is 12.2. The first kappa shape index (κ1) is 14.9. The lowest BCUT2D eigenvalue weighted by atomic mass is 9.90. The summed E-state index contributed by atoms with van der Waals surface area (Å²) in [6.07, 6.45) is 2.63. The Bertz CT molecular complexity index is 402. The van der Waals surface area contributed by atoms with Gasteiger partial charge >= 0.3 is 0 Å². The summed E-state index contributed by atoms with van der Waals surface area (Å²) in [6, 6.07) is 6.44. The third-order valence-electron chi connectivity index (χ3n) is 3.16. The highest BCUT2D eigenvalue weighted by Crippen LogP contribution is 2.23. The molecule has 0 amide bonds. The Morgan fingerprint density at radius 1 is 1.17 bits per heavy atom. The Morgan fingerprint density at radius 2 is 1.83 bits per heavy atom. The van der Waals surface area contributed by atoms with Crippen molar-refractivity contribution in [2.24, 2.45) is 5.92 Å². The van der Waals surface area contributed by atoms with Gasteiger partial charge in [-0.25, -0.2) is 0 Å². The van der Waals surface area contributed by atoms with Gasteiger partial charge < -0.3 is 0 Å². The molecule has 1 aromatic rings. The Morgan fingerprint density at radius 3 is 2.33 bits per heavy atom. The Balaban J connectivity index is 3.11. The molecule has 0 aliphatic heterocycles. The zero-order valence-electron chi connectivity index (χ0n) is 12.4. The van der Waals surface area contributed by atoms with Crippen LogP contribution in [0.5, 0.6) is 0 Å². The highest BCUT2D eigenvalue weighted by Gasteiger charge is 2.14. The van der Waals surface area contributed by atoms with E-state index >= 15 is 0 Å². The third kappa shape index (κ3) is 3.97. The minimum atomic E-state index is 0.298. The number of rotatable bonds is 6. The fourth-order valence-electron chi connectivity index (χ4n) is 2.31. The fraction of sp³-hybridized carbons (Fsp3) is 0.588. The number of benzene rings is 1.